The minimum Gasteiger partial charge on any atom is -0.497 e. The summed E-state index contributed by atoms with van der Waals surface area (Å²) in [4.78, 5) is 33.0. The van der Waals surface area contributed by atoms with Crippen molar-refractivity contribution in [3.8, 4) is 5.75 Å². The number of carbonyl (C=O) groups is 1. The third kappa shape index (κ3) is 4.94. The Kier molecular flexibility index (Phi) is 6.80. The fraction of sp³-hybridized carbons (Fsp3) is 0.250. The molecule has 1 saturated heterocycles. The molecule has 1 aliphatic heterocycles. The van der Waals surface area contributed by atoms with Gasteiger partial charge in [-0.3, -0.25) is 18.9 Å². The highest BCUT2D eigenvalue weighted by atomic mass is 32.2. The molecule has 0 atom stereocenters. The van der Waals surface area contributed by atoms with Gasteiger partial charge in [0.2, 0.25) is 0 Å². The number of methoxy groups -OCH3 is 1. The van der Waals surface area contributed by atoms with Crippen molar-refractivity contribution in [1.82, 2.24) is 14.3 Å². The fourth-order valence-electron chi connectivity index (χ4n) is 3.35. The van der Waals surface area contributed by atoms with E-state index in [4.69, 9.17) is 17.0 Å². The van der Waals surface area contributed by atoms with Crippen LogP contribution in [0.3, 0.4) is 0 Å². The Bertz CT molecular complexity index is 1300. The van der Waals surface area contributed by atoms with Crippen molar-refractivity contribution in [3.05, 3.63) is 75.0 Å². The second kappa shape index (κ2) is 9.76. The van der Waals surface area contributed by atoms with Gasteiger partial charge in [-0.25, -0.2) is 4.98 Å². The maximum atomic E-state index is 13.3. The number of thioether (sulfide) groups is 1. The van der Waals surface area contributed by atoms with Crippen molar-refractivity contribution in [2.24, 2.45) is 5.92 Å². The first kappa shape index (κ1) is 23.0. The van der Waals surface area contributed by atoms with Crippen LogP contribution in [0, 0.1) is 5.92 Å². The molecule has 1 amide bonds. The number of nitrogens with zero attached hydrogens (tertiary/aromatic N) is 3. The lowest BCUT2D eigenvalue weighted by Gasteiger charge is -2.15. The summed E-state index contributed by atoms with van der Waals surface area (Å²) in [6.07, 6.45) is 3.27. The molecule has 1 aromatic carbocycles. The van der Waals surface area contributed by atoms with E-state index in [2.05, 4.69) is 24.1 Å². The molecule has 0 aliphatic carbocycles. The van der Waals surface area contributed by atoms with Crippen LogP contribution in [-0.2, 0) is 11.3 Å². The highest BCUT2D eigenvalue weighted by molar-refractivity contribution is 8.26. The number of rotatable bonds is 7. The number of anilines is 1. The van der Waals surface area contributed by atoms with Gasteiger partial charge in [0.25, 0.3) is 11.5 Å². The Labute approximate surface area is 201 Å². The molecule has 3 aromatic rings. The molecule has 2 aromatic heterocycles. The summed E-state index contributed by atoms with van der Waals surface area (Å²) in [6, 6.07) is 12.9. The molecule has 0 radical (unpaired) electrons. The minimum atomic E-state index is -0.243. The average Bonchev–Trinajstić information content (AvgIpc) is 3.07. The topological polar surface area (TPSA) is 75.9 Å². The quantitative estimate of drug-likeness (QED) is 0.402. The van der Waals surface area contributed by atoms with Crippen LogP contribution in [0.5, 0.6) is 5.75 Å². The molecule has 33 heavy (non-hydrogen) atoms. The zero-order chi connectivity index (χ0) is 23.5. The number of aromatic nitrogens is 2. The Hall–Kier alpha value is -3.17. The van der Waals surface area contributed by atoms with Crippen LogP contribution < -0.4 is 15.6 Å². The van der Waals surface area contributed by atoms with E-state index >= 15 is 0 Å². The van der Waals surface area contributed by atoms with E-state index in [1.165, 1.54) is 16.2 Å². The maximum absolute atomic E-state index is 13.3. The lowest BCUT2D eigenvalue weighted by atomic mass is 10.2. The molecular formula is C24H24N4O3S2. The van der Waals surface area contributed by atoms with Crippen molar-refractivity contribution in [2.45, 2.75) is 20.4 Å². The van der Waals surface area contributed by atoms with Gasteiger partial charge in [0.1, 0.15) is 21.5 Å². The smallest absolute Gasteiger partial charge is 0.267 e. The molecule has 170 valence electrons. The van der Waals surface area contributed by atoms with E-state index in [1.54, 1.807) is 36.4 Å². The minimum absolute atomic E-state index is 0.229. The molecule has 0 bridgehead atoms. The van der Waals surface area contributed by atoms with Crippen molar-refractivity contribution < 1.29 is 9.53 Å². The van der Waals surface area contributed by atoms with Crippen LogP contribution in [0.15, 0.2) is 58.4 Å². The normalized spacial score (nSPS) is 15.2. The second-order valence-electron chi connectivity index (χ2n) is 8.00. The van der Waals surface area contributed by atoms with Crippen LogP contribution in [0.4, 0.5) is 5.82 Å². The molecule has 1 aliphatic rings. The Morgan fingerprint density at radius 2 is 1.94 bits per heavy atom. The van der Waals surface area contributed by atoms with E-state index in [-0.39, 0.29) is 11.5 Å². The largest absolute Gasteiger partial charge is 0.497 e. The first-order chi connectivity index (χ1) is 15.9. The van der Waals surface area contributed by atoms with E-state index < -0.39 is 0 Å². The van der Waals surface area contributed by atoms with Crippen molar-refractivity contribution in [2.75, 3.05) is 19.0 Å². The maximum Gasteiger partial charge on any atom is 0.267 e. The van der Waals surface area contributed by atoms with Gasteiger partial charge in [0.15, 0.2) is 0 Å². The number of ether oxygens (including phenoxy) is 1. The number of carbonyl (C=O) groups excluding carboxylic acids is 1. The Morgan fingerprint density at radius 3 is 2.64 bits per heavy atom. The zero-order valence-corrected chi connectivity index (χ0v) is 20.2. The molecule has 9 heteroatoms. The third-order valence-corrected chi connectivity index (χ3v) is 6.47. The summed E-state index contributed by atoms with van der Waals surface area (Å²) in [7, 11) is 1.61. The Balaban J connectivity index is 1.68. The monoisotopic (exact) mass is 480 g/mol. The van der Waals surface area contributed by atoms with Crippen LogP contribution in [0.25, 0.3) is 11.7 Å². The molecule has 0 unspecified atom stereocenters. The van der Waals surface area contributed by atoms with Crippen LogP contribution >= 0.6 is 24.0 Å². The SMILES string of the molecule is COc1ccc(CN2C(=O)C(=Cc3c(NCC(C)C)nc4ccccn4c3=O)SC2=S)cc1. The highest BCUT2D eigenvalue weighted by Gasteiger charge is 2.32. The predicted octanol–water partition coefficient (Wildman–Crippen LogP) is 4.17. The molecule has 1 N–H and O–H groups in total. The Morgan fingerprint density at radius 1 is 1.18 bits per heavy atom. The van der Waals surface area contributed by atoms with E-state index in [1.807, 2.05) is 30.3 Å². The van der Waals surface area contributed by atoms with Crippen molar-refractivity contribution in [3.63, 3.8) is 0 Å². The molecule has 1 fully saturated rings. The number of hydrogen-bond acceptors (Lipinski definition) is 7. The van der Waals surface area contributed by atoms with Gasteiger partial charge in [0, 0.05) is 12.7 Å². The van der Waals surface area contributed by atoms with Crippen LogP contribution in [0.1, 0.15) is 25.0 Å². The standard InChI is InChI=1S/C24H24N4O3S2/c1-15(2)13-25-21-18(22(29)27-11-5-4-6-20(27)26-21)12-19-23(30)28(24(32)33-19)14-16-7-9-17(31-3)10-8-16/h4-12,15,25H,13-14H2,1-3H3. The summed E-state index contributed by atoms with van der Waals surface area (Å²) in [6.45, 7) is 5.14. The number of amides is 1. The molecule has 7 nitrogen and oxygen atoms in total. The number of hydrogen-bond donors (Lipinski definition) is 1. The lowest BCUT2D eigenvalue weighted by Crippen LogP contribution is -2.27. The summed E-state index contributed by atoms with van der Waals surface area (Å²) in [5.41, 5.74) is 1.56. The number of benzene rings is 1. The molecule has 3 heterocycles. The van der Waals surface area contributed by atoms with Gasteiger partial charge in [-0.1, -0.05) is 56.0 Å². The van der Waals surface area contributed by atoms with Gasteiger partial charge in [-0.15, -0.1) is 0 Å². The molecule has 0 saturated carbocycles. The van der Waals surface area contributed by atoms with Crippen molar-refractivity contribution in [1.29, 1.82) is 0 Å². The molecule has 0 spiro atoms. The van der Waals surface area contributed by atoms with Gasteiger partial charge in [0.05, 0.1) is 24.1 Å². The first-order valence-electron chi connectivity index (χ1n) is 10.5. The zero-order valence-electron chi connectivity index (χ0n) is 18.6. The number of pyridine rings is 1. The van der Waals surface area contributed by atoms with Gasteiger partial charge >= 0.3 is 0 Å². The summed E-state index contributed by atoms with van der Waals surface area (Å²) in [5.74, 6) is 1.33. The number of nitrogens with one attached hydrogen (secondary N) is 1. The van der Waals surface area contributed by atoms with Crippen LogP contribution in [0.2, 0.25) is 0 Å². The third-order valence-electron chi connectivity index (χ3n) is 5.10. The van der Waals surface area contributed by atoms with E-state index in [0.29, 0.717) is 45.3 Å². The van der Waals surface area contributed by atoms with Gasteiger partial charge in [-0.05, 0) is 41.8 Å². The van der Waals surface area contributed by atoms with Gasteiger partial charge < -0.3 is 10.1 Å². The number of fused-ring (bicyclic) bond motifs is 1. The molecule has 4 rings (SSSR count). The molecular weight excluding hydrogens is 456 g/mol. The summed E-state index contributed by atoms with van der Waals surface area (Å²) < 4.78 is 7.12. The summed E-state index contributed by atoms with van der Waals surface area (Å²) >= 11 is 6.67. The average molecular weight is 481 g/mol. The number of thiocarbonyl (C=S) groups is 1. The van der Waals surface area contributed by atoms with E-state index in [0.717, 1.165) is 11.3 Å². The first-order valence-corrected chi connectivity index (χ1v) is 11.7. The summed E-state index contributed by atoms with van der Waals surface area (Å²) in [5, 5.41) is 3.26. The predicted molar refractivity (Wildman–Crippen MR) is 136 cm³/mol. The highest BCUT2D eigenvalue weighted by Crippen LogP contribution is 2.34. The lowest BCUT2D eigenvalue weighted by molar-refractivity contribution is -0.122. The second-order valence-corrected chi connectivity index (χ2v) is 9.67. The van der Waals surface area contributed by atoms with Crippen LogP contribution in [-0.4, -0.2) is 38.2 Å². The van der Waals surface area contributed by atoms with Gasteiger partial charge in [-0.2, -0.15) is 0 Å². The fourth-order valence-corrected chi connectivity index (χ4v) is 4.59. The van der Waals surface area contributed by atoms with Crippen molar-refractivity contribution >= 4 is 51.7 Å². The van der Waals surface area contributed by atoms with E-state index in [9.17, 15) is 9.59 Å².